The molecule has 0 saturated carbocycles. The lowest BCUT2D eigenvalue weighted by Gasteiger charge is -2.15. The average Bonchev–Trinajstić information content (AvgIpc) is 1.56. The molecule has 0 aromatic rings. The van der Waals surface area contributed by atoms with Crippen LogP contribution >= 0.6 is 0 Å². The lowest BCUT2D eigenvalue weighted by Crippen LogP contribution is -2.39. The van der Waals surface area contributed by atoms with E-state index in [1.807, 2.05) is 0 Å². The van der Waals surface area contributed by atoms with Gasteiger partial charge in [-0.3, -0.25) is 4.55 Å². The van der Waals surface area contributed by atoms with Gasteiger partial charge in [0.2, 0.25) is 0 Å². The highest BCUT2D eigenvalue weighted by atomic mass is 32.2. The third-order valence-electron chi connectivity index (χ3n) is 0.506. The molecular formula is C2HF5O3S. The van der Waals surface area contributed by atoms with Crippen LogP contribution in [-0.4, -0.2) is 21.0 Å². The number of hydrogen-bond acceptors (Lipinski definition) is 2. The van der Waals surface area contributed by atoms with Crippen LogP contribution in [0.5, 0.6) is 0 Å². The summed E-state index contributed by atoms with van der Waals surface area (Å²) in [4.78, 5) is 0. The summed E-state index contributed by atoms with van der Waals surface area (Å²) < 4.78 is 75.4. The minimum absolute atomic E-state index is 2.37. The second-order valence-electron chi connectivity index (χ2n) is 1.31. The van der Waals surface area contributed by atoms with E-state index in [0.29, 0.717) is 0 Å². The highest BCUT2D eigenvalue weighted by Gasteiger charge is 2.61. The van der Waals surface area contributed by atoms with Crippen LogP contribution in [0.1, 0.15) is 0 Å². The first kappa shape index (κ1) is 10.7. The number of halogens is 5. The second-order valence-corrected chi connectivity index (χ2v) is 1.92. The van der Waals surface area contributed by atoms with Gasteiger partial charge in [0, 0.05) is 0 Å². The summed E-state index contributed by atoms with van der Waals surface area (Å²) in [6.45, 7) is 0. The molecule has 9 heteroatoms. The fourth-order valence-electron chi connectivity index (χ4n) is 0.137. The van der Waals surface area contributed by atoms with Crippen molar-refractivity contribution in [2.75, 3.05) is 0 Å². The van der Waals surface area contributed by atoms with E-state index >= 15 is 0 Å². The predicted molar refractivity (Wildman–Crippen MR) is 22.9 cm³/mol. The zero-order valence-electron chi connectivity index (χ0n) is 4.56. The van der Waals surface area contributed by atoms with Crippen LogP contribution in [0.15, 0.2) is 0 Å². The van der Waals surface area contributed by atoms with E-state index in [2.05, 4.69) is 4.18 Å². The fraction of sp³-hybridized carbons (Fsp3) is 1.00. The molecule has 0 aromatic heterocycles. The topological polar surface area (TPSA) is 46.5 Å². The van der Waals surface area contributed by atoms with Crippen molar-refractivity contribution < 1.29 is 34.9 Å². The molecule has 0 fully saturated rings. The van der Waals surface area contributed by atoms with Crippen LogP contribution in [0.3, 0.4) is 0 Å². The van der Waals surface area contributed by atoms with Gasteiger partial charge in [0.1, 0.15) is 0 Å². The van der Waals surface area contributed by atoms with E-state index in [9.17, 15) is 26.2 Å². The molecule has 0 radical (unpaired) electrons. The van der Waals surface area contributed by atoms with Crippen LogP contribution in [0.4, 0.5) is 22.0 Å². The van der Waals surface area contributed by atoms with Gasteiger partial charge in [0.25, 0.3) is 0 Å². The van der Waals surface area contributed by atoms with Crippen molar-refractivity contribution in [1.82, 2.24) is 0 Å². The summed E-state index contributed by atoms with van der Waals surface area (Å²) in [6.07, 6.45) is -11.6. The Morgan fingerprint density at radius 2 is 1.55 bits per heavy atom. The molecule has 3 nitrogen and oxygen atoms in total. The molecule has 0 heterocycles. The van der Waals surface area contributed by atoms with Gasteiger partial charge in [-0.05, 0) is 0 Å². The zero-order valence-corrected chi connectivity index (χ0v) is 5.38. The van der Waals surface area contributed by atoms with Crippen molar-refractivity contribution in [3.8, 4) is 0 Å². The van der Waals surface area contributed by atoms with Gasteiger partial charge in [-0.1, -0.05) is 0 Å². The maximum atomic E-state index is 11.5. The normalized spacial score (nSPS) is 16.5. The lowest BCUT2D eigenvalue weighted by atomic mass is 10.6. The monoisotopic (exact) mass is 200 g/mol. The Hall–Kier alpha value is -0.280. The molecular weight excluding hydrogens is 199 g/mol. The molecule has 0 saturated heterocycles. The Morgan fingerprint density at radius 1 is 1.18 bits per heavy atom. The summed E-state index contributed by atoms with van der Waals surface area (Å²) in [6, 6.07) is 0. The SMILES string of the molecule is O=S(O)OC(F)(F)C(F)(F)F. The van der Waals surface area contributed by atoms with Crippen molar-refractivity contribution >= 4 is 11.4 Å². The third kappa shape index (κ3) is 3.08. The largest absolute Gasteiger partial charge is 0.484 e. The molecule has 1 N–H and O–H groups in total. The molecule has 0 aliphatic carbocycles. The van der Waals surface area contributed by atoms with E-state index in [-0.39, 0.29) is 0 Å². The van der Waals surface area contributed by atoms with Crippen molar-refractivity contribution in [3.05, 3.63) is 0 Å². The maximum Gasteiger partial charge on any atom is 0.484 e. The van der Waals surface area contributed by atoms with Gasteiger partial charge < -0.3 is 0 Å². The standard InChI is InChI=1S/C2HF5O3S/c3-1(4,5)2(6,7)10-11(8)9/h(H,8,9). The van der Waals surface area contributed by atoms with Crippen molar-refractivity contribution in [2.24, 2.45) is 0 Å². The fourth-order valence-corrected chi connectivity index (χ4v) is 0.410. The van der Waals surface area contributed by atoms with E-state index in [1.165, 1.54) is 0 Å². The van der Waals surface area contributed by atoms with Crippen LogP contribution in [-0.2, 0) is 15.5 Å². The lowest BCUT2D eigenvalue weighted by molar-refractivity contribution is -0.359. The van der Waals surface area contributed by atoms with Crippen LogP contribution < -0.4 is 0 Å². The third-order valence-corrected chi connectivity index (χ3v) is 0.858. The van der Waals surface area contributed by atoms with Crippen molar-refractivity contribution in [3.63, 3.8) is 0 Å². The maximum absolute atomic E-state index is 11.5. The minimum Gasteiger partial charge on any atom is -0.284 e. The highest BCUT2D eigenvalue weighted by Crippen LogP contribution is 2.36. The summed E-state index contributed by atoms with van der Waals surface area (Å²) >= 11 is -3.65. The van der Waals surface area contributed by atoms with Gasteiger partial charge >= 0.3 is 23.6 Å². The Kier molecular flexibility index (Phi) is 2.91. The van der Waals surface area contributed by atoms with Gasteiger partial charge in [-0.2, -0.15) is 30.3 Å². The molecule has 0 aliphatic heterocycles. The number of rotatable bonds is 2. The molecule has 0 rings (SSSR count). The smallest absolute Gasteiger partial charge is 0.284 e. The summed E-state index contributed by atoms with van der Waals surface area (Å²) in [5, 5.41) is 0. The molecule has 0 aliphatic rings. The van der Waals surface area contributed by atoms with Crippen molar-refractivity contribution in [1.29, 1.82) is 0 Å². The summed E-state index contributed by atoms with van der Waals surface area (Å²) in [5.74, 6) is 0. The molecule has 68 valence electrons. The Balaban J connectivity index is 4.34. The second kappa shape index (κ2) is 2.99. The summed E-state index contributed by atoms with van der Waals surface area (Å²) in [5.41, 5.74) is 0. The van der Waals surface area contributed by atoms with E-state index < -0.39 is 23.6 Å². The minimum atomic E-state index is -5.98. The quantitative estimate of drug-likeness (QED) is 0.539. The van der Waals surface area contributed by atoms with Crippen LogP contribution in [0.2, 0.25) is 0 Å². The molecule has 1 atom stereocenters. The van der Waals surface area contributed by atoms with E-state index in [1.54, 1.807) is 0 Å². The molecule has 0 amide bonds. The van der Waals surface area contributed by atoms with Gasteiger partial charge in [-0.15, -0.1) is 0 Å². The molecule has 0 spiro atoms. The van der Waals surface area contributed by atoms with Crippen LogP contribution in [0.25, 0.3) is 0 Å². The molecule has 11 heavy (non-hydrogen) atoms. The molecule has 0 aromatic carbocycles. The van der Waals surface area contributed by atoms with Gasteiger partial charge in [0.05, 0.1) is 0 Å². The Labute approximate surface area is 59.6 Å². The zero-order chi connectivity index (χ0) is 9.28. The van der Waals surface area contributed by atoms with E-state index in [4.69, 9.17) is 4.55 Å². The molecule has 0 bridgehead atoms. The number of alkyl halides is 5. The highest BCUT2D eigenvalue weighted by molar-refractivity contribution is 7.74. The Bertz CT molecular complexity index is 164. The first-order valence-electron chi connectivity index (χ1n) is 1.91. The van der Waals surface area contributed by atoms with E-state index in [0.717, 1.165) is 0 Å². The molecule has 1 unspecified atom stereocenters. The predicted octanol–water partition coefficient (Wildman–Crippen LogP) is 1.29. The van der Waals surface area contributed by atoms with Gasteiger partial charge in [0.15, 0.2) is 0 Å². The summed E-state index contributed by atoms with van der Waals surface area (Å²) in [7, 11) is 0. The first-order valence-corrected chi connectivity index (χ1v) is 2.95. The van der Waals surface area contributed by atoms with Crippen LogP contribution in [0, 0.1) is 0 Å². The average molecular weight is 200 g/mol. The Morgan fingerprint density at radius 3 is 1.64 bits per heavy atom. The van der Waals surface area contributed by atoms with Gasteiger partial charge in [-0.25, -0.2) is 0 Å². The number of hydrogen-bond donors (Lipinski definition) is 1. The van der Waals surface area contributed by atoms with Crippen molar-refractivity contribution in [2.45, 2.75) is 12.3 Å². The first-order chi connectivity index (χ1) is 4.67.